The van der Waals surface area contributed by atoms with Gasteiger partial charge in [-0.2, -0.15) is 8.78 Å². The number of likely N-dealkylation sites (tertiary alicyclic amines) is 1. The van der Waals surface area contributed by atoms with Gasteiger partial charge in [0.05, 0.1) is 11.5 Å². The first-order valence-corrected chi connectivity index (χ1v) is 5.90. The number of hydrogen-bond donors (Lipinski definition) is 1. The molecule has 0 aromatic carbocycles. The Morgan fingerprint density at radius 3 is 2.78 bits per heavy atom. The predicted octanol–water partition coefficient (Wildman–Crippen LogP) is 0.353. The van der Waals surface area contributed by atoms with Crippen LogP contribution in [0.5, 0.6) is 0 Å². The lowest BCUT2D eigenvalue weighted by molar-refractivity contribution is -0.202. The molecule has 18 heavy (non-hydrogen) atoms. The topological polar surface area (TPSA) is 58.6 Å². The summed E-state index contributed by atoms with van der Waals surface area (Å²) in [6, 6.07) is 0. The SMILES string of the molecule is CC1(C(=O)N2CC(OC(F)F)C2)CCNC(=O)C1. The van der Waals surface area contributed by atoms with Crippen molar-refractivity contribution in [1.82, 2.24) is 10.2 Å². The van der Waals surface area contributed by atoms with E-state index in [4.69, 9.17) is 0 Å². The number of alkyl halides is 2. The van der Waals surface area contributed by atoms with Crippen LogP contribution in [0.3, 0.4) is 0 Å². The van der Waals surface area contributed by atoms with Crippen LogP contribution in [-0.4, -0.2) is 49.1 Å². The molecule has 5 nitrogen and oxygen atoms in total. The first-order chi connectivity index (χ1) is 8.40. The van der Waals surface area contributed by atoms with Gasteiger partial charge in [0.2, 0.25) is 11.8 Å². The molecule has 0 aromatic heterocycles. The molecule has 0 aromatic rings. The smallest absolute Gasteiger partial charge is 0.345 e. The fourth-order valence-corrected chi connectivity index (χ4v) is 2.38. The lowest BCUT2D eigenvalue weighted by atomic mass is 9.78. The van der Waals surface area contributed by atoms with Crippen LogP contribution in [0.15, 0.2) is 0 Å². The molecular formula is C11H16F2N2O3. The van der Waals surface area contributed by atoms with Crippen LogP contribution in [0.2, 0.25) is 0 Å². The number of piperidine rings is 1. The van der Waals surface area contributed by atoms with Crippen LogP contribution in [0.4, 0.5) is 8.78 Å². The Labute approximate surface area is 103 Å². The molecule has 0 spiro atoms. The fourth-order valence-electron chi connectivity index (χ4n) is 2.38. The predicted molar refractivity (Wildman–Crippen MR) is 57.8 cm³/mol. The van der Waals surface area contributed by atoms with Gasteiger partial charge in [0.15, 0.2) is 0 Å². The molecule has 1 atom stereocenters. The highest BCUT2D eigenvalue weighted by Crippen LogP contribution is 2.33. The second-order valence-electron chi connectivity index (χ2n) is 5.07. The number of nitrogens with one attached hydrogen (secondary N) is 1. The lowest BCUT2D eigenvalue weighted by Crippen LogP contribution is -2.60. The number of amides is 2. The molecule has 2 aliphatic heterocycles. The molecular weight excluding hydrogens is 246 g/mol. The lowest BCUT2D eigenvalue weighted by Gasteiger charge is -2.44. The standard InChI is InChI=1S/C11H16F2N2O3/c1-11(2-3-14-8(16)4-11)9(17)15-5-7(6-15)18-10(12)13/h7,10H,2-6H2,1H3,(H,14,16). The summed E-state index contributed by atoms with van der Waals surface area (Å²) in [5, 5.41) is 2.67. The van der Waals surface area contributed by atoms with Crippen LogP contribution < -0.4 is 5.32 Å². The van der Waals surface area contributed by atoms with Crippen molar-refractivity contribution in [2.75, 3.05) is 19.6 Å². The molecule has 1 unspecified atom stereocenters. The van der Waals surface area contributed by atoms with Crippen molar-refractivity contribution in [3.05, 3.63) is 0 Å². The Kier molecular flexibility index (Phi) is 3.52. The Morgan fingerprint density at radius 2 is 2.22 bits per heavy atom. The minimum Gasteiger partial charge on any atom is -0.356 e. The second kappa shape index (κ2) is 4.79. The number of ether oxygens (including phenoxy) is 1. The van der Waals surface area contributed by atoms with Crippen molar-refractivity contribution in [1.29, 1.82) is 0 Å². The first kappa shape index (κ1) is 13.2. The van der Waals surface area contributed by atoms with E-state index < -0.39 is 18.1 Å². The van der Waals surface area contributed by atoms with Gasteiger partial charge in [0.25, 0.3) is 0 Å². The molecule has 2 fully saturated rings. The number of rotatable bonds is 3. The number of hydrogen-bond acceptors (Lipinski definition) is 3. The van der Waals surface area contributed by atoms with Crippen molar-refractivity contribution in [3.8, 4) is 0 Å². The average Bonchev–Trinajstić information content (AvgIpc) is 2.21. The summed E-state index contributed by atoms with van der Waals surface area (Å²) >= 11 is 0. The van der Waals surface area contributed by atoms with Crippen molar-refractivity contribution >= 4 is 11.8 Å². The normalized spacial score (nSPS) is 29.1. The number of halogens is 2. The second-order valence-corrected chi connectivity index (χ2v) is 5.07. The van der Waals surface area contributed by atoms with E-state index >= 15 is 0 Å². The zero-order valence-corrected chi connectivity index (χ0v) is 10.1. The number of carbonyl (C=O) groups is 2. The molecule has 1 N–H and O–H groups in total. The van der Waals surface area contributed by atoms with Gasteiger partial charge >= 0.3 is 6.61 Å². The molecule has 0 radical (unpaired) electrons. The number of carbonyl (C=O) groups excluding carboxylic acids is 2. The summed E-state index contributed by atoms with van der Waals surface area (Å²) in [6.45, 7) is -0.217. The summed E-state index contributed by atoms with van der Waals surface area (Å²) in [6.07, 6.45) is 0.145. The summed E-state index contributed by atoms with van der Waals surface area (Å²) in [7, 11) is 0. The van der Waals surface area contributed by atoms with Crippen LogP contribution >= 0.6 is 0 Å². The molecule has 0 saturated carbocycles. The first-order valence-electron chi connectivity index (χ1n) is 5.90. The van der Waals surface area contributed by atoms with Crippen molar-refractivity contribution in [3.63, 3.8) is 0 Å². The Bertz CT molecular complexity index is 358. The quantitative estimate of drug-likeness (QED) is 0.798. The molecule has 0 aliphatic carbocycles. The highest BCUT2D eigenvalue weighted by atomic mass is 19.3. The maximum absolute atomic E-state index is 12.2. The minimum atomic E-state index is -2.80. The van der Waals surface area contributed by atoms with Gasteiger partial charge in [-0.25, -0.2) is 0 Å². The van der Waals surface area contributed by atoms with Gasteiger partial charge in [-0.05, 0) is 6.42 Å². The third-order valence-electron chi connectivity index (χ3n) is 3.50. The van der Waals surface area contributed by atoms with Gasteiger partial charge in [-0.3, -0.25) is 9.59 Å². The van der Waals surface area contributed by atoms with Crippen molar-refractivity contribution in [2.24, 2.45) is 5.41 Å². The minimum absolute atomic E-state index is 0.141. The largest absolute Gasteiger partial charge is 0.356 e. The van der Waals surface area contributed by atoms with Crippen molar-refractivity contribution in [2.45, 2.75) is 32.5 Å². The molecule has 2 amide bonds. The highest BCUT2D eigenvalue weighted by Gasteiger charge is 2.44. The van der Waals surface area contributed by atoms with E-state index in [1.807, 2.05) is 0 Å². The van der Waals surface area contributed by atoms with E-state index in [9.17, 15) is 18.4 Å². The van der Waals surface area contributed by atoms with Gasteiger partial charge < -0.3 is 15.0 Å². The van der Waals surface area contributed by atoms with Gasteiger partial charge in [0.1, 0.15) is 0 Å². The van der Waals surface area contributed by atoms with E-state index in [1.165, 1.54) is 4.90 Å². The molecule has 2 aliphatic rings. The monoisotopic (exact) mass is 262 g/mol. The molecule has 2 heterocycles. The van der Waals surface area contributed by atoms with E-state index in [0.29, 0.717) is 13.0 Å². The third-order valence-corrected chi connectivity index (χ3v) is 3.50. The van der Waals surface area contributed by atoms with Crippen LogP contribution in [0, 0.1) is 5.41 Å². The van der Waals surface area contributed by atoms with Crippen LogP contribution in [-0.2, 0) is 14.3 Å². The maximum Gasteiger partial charge on any atom is 0.345 e. The Morgan fingerprint density at radius 1 is 1.56 bits per heavy atom. The van der Waals surface area contributed by atoms with E-state index in [2.05, 4.69) is 10.1 Å². The molecule has 102 valence electrons. The van der Waals surface area contributed by atoms with Gasteiger partial charge in [-0.15, -0.1) is 0 Å². The highest BCUT2D eigenvalue weighted by molar-refractivity contribution is 5.90. The fraction of sp³-hybridized carbons (Fsp3) is 0.818. The summed E-state index contributed by atoms with van der Waals surface area (Å²) in [4.78, 5) is 25.0. The molecule has 2 saturated heterocycles. The molecule has 2 rings (SSSR count). The van der Waals surface area contributed by atoms with Gasteiger partial charge in [0, 0.05) is 26.1 Å². The Hall–Kier alpha value is -1.24. The Balaban J connectivity index is 1.87. The zero-order valence-electron chi connectivity index (χ0n) is 10.1. The number of nitrogens with zero attached hydrogens (tertiary/aromatic N) is 1. The van der Waals surface area contributed by atoms with Gasteiger partial charge in [-0.1, -0.05) is 6.92 Å². The third kappa shape index (κ3) is 2.60. The van der Waals surface area contributed by atoms with E-state index in [-0.39, 0.29) is 31.3 Å². The van der Waals surface area contributed by atoms with Crippen LogP contribution in [0.25, 0.3) is 0 Å². The molecule has 7 heteroatoms. The van der Waals surface area contributed by atoms with Crippen molar-refractivity contribution < 1.29 is 23.1 Å². The van der Waals surface area contributed by atoms with E-state index in [0.717, 1.165) is 0 Å². The summed E-state index contributed by atoms with van der Waals surface area (Å²) in [5.41, 5.74) is -0.710. The zero-order chi connectivity index (χ0) is 13.3. The average molecular weight is 262 g/mol. The van der Waals surface area contributed by atoms with Crippen LogP contribution in [0.1, 0.15) is 19.8 Å². The summed E-state index contributed by atoms with van der Waals surface area (Å²) in [5.74, 6) is -0.288. The molecule has 0 bridgehead atoms. The summed E-state index contributed by atoms with van der Waals surface area (Å²) < 4.78 is 28.2. The maximum atomic E-state index is 12.2. The van der Waals surface area contributed by atoms with E-state index in [1.54, 1.807) is 6.92 Å².